The van der Waals surface area contributed by atoms with E-state index < -0.39 is 0 Å². The molecule has 1 heterocycles. The van der Waals surface area contributed by atoms with Crippen LogP contribution in [0.1, 0.15) is 12.3 Å². The number of anilines is 1. The van der Waals surface area contributed by atoms with Crippen molar-refractivity contribution in [2.75, 3.05) is 5.73 Å². The standard InChI is InChI=1S/C6H9N3O/c1-2-3-4-5-8-9-6(7)10-5/h2H,1,3-4H2,(H2,7,9). The zero-order chi connectivity index (χ0) is 7.40. The maximum absolute atomic E-state index is 5.18. The largest absolute Gasteiger partial charge is 0.408 e. The van der Waals surface area contributed by atoms with E-state index in [1.54, 1.807) is 6.08 Å². The molecule has 0 unspecified atom stereocenters. The molecular weight excluding hydrogens is 130 g/mol. The molecule has 4 nitrogen and oxygen atoms in total. The predicted octanol–water partition coefficient (Wildman–Crippen LogP) is 0.770. The first kappa shape index (κ1) is 6.80. The van der Waals surface area contributed by atoms with Crippen molar-refractivity contribution in [3.63, 3.8) is 0 Å². The average Bonchev–Trinajstić information content (AvgIpc) is 2.31. The number of aryl methyl sites for hydroxylation is 1. The van der Waals surface area contributed by atoms with Crippen LogP contribution in [0, 0.1) is 0 Å². The highest BCUT2D eigenvalue weighted by Crippen LogP contribution is 2.02. The topological polar surface area (TPSA) is 64.9 Å². The molecule has 0 bridgehead atoms. The van der Waals surface area contributed by atoms with Crippen LogP contribution < -0.4 is 5.73 Å². The minimum Gasteiger partial charge on any atom is -0.408 e. The Hall–Kier alpha value is -1.32. The van der Waals surface area contributed by atoms with Gasteiger partial charge in [-0.1, -0.05) is 11.2 Å². The number of aromatic nitrogens is 2. The lowest BCUT2D eigenvalue weighted by atomic mass is 10.3. The highest BCUT2D eigenvalue weighted by atomic mass is 16.4. The molecule has 0 radical (unpaired) electrons. The van der Waals surface area contributed by atoms with Crippen LogP contribution in [0.3, 0.4) is 0 Å². The molecule has 0 saturated heterocycles. The lowest BCUT2D eigenvalue weighted by molar-refractivity contribution is 0.510. The van der Waals surface area contributed by atoms with E-state index in [2.05, 4.69) is 16.8 Å². The molecule has 0 aromatic carbocycles. The highest BCUT2D eigenvalue weighted by molar-refractivity contribution is 5.04. The third-order valence-electron chi connectivity index (χ3n) is 1.04. The summed E-state index contributed by atoms with van der Waals surface area (Å²) in [5, 5.41) is 7.16. The summed E-state index contributed by atoms with van der Waals surface area (Å²) in [7, 11) is 0. The van der Waals surface area contributed by atoms with E-state index in [0.717, 1.165) is 6.42 Å². The third kappa shape index (κ3) is 1.58. The Kier molecular flexibility index (Phi) is 2.04. The summed E-state index contributed by atoms with van der Waals surface area (Å²) in [6.45, 7) is 3.56. The number of nitrogen functional groups attached to an aromatic ring is 1. The Labute approximate surface area is 58.7 Å². The first-order chi connectivity index (χ1) is 4.83. The van der Waals surface area contributed by atoms with E-state index in [-0.39, 0.29) is 6.01 Å². The molecule has 4 heteroatoms. The zero-order valence-electron chi connectivity index (χ0n) is 5.58. The summed E-state index contributed by atoms with van der Waals surface area (Å²) in [5.41, 5.74) is 5.18. The van der Waals surface area contributed by atoms with Crippen molar-refractivity contribution in [3.8, 4) is 0 Å². The van der Waals surface area contributed by atoms with Gasteiger partial charge >= 0.3 is 6.01 Å². The van der Waals surface area contributed by atoms with E-state index in [4.69, 9.17) is 10.2 Å². The van der Waals surface area contributed by atoms with Gasteiger partial charge in [0.1, 0.15) is 0 Å². The fourth-order valence-corrected chi connectivity index (χ4v) is 0.593. The second-order valence-electron chi connectivity index (χ2n) is 1.86. The van der Waals surface area contributed by atoms with E-state index in [1.807, 2.05) is 0 Å². The Morgan fingerprint density at radius 3 is 2.90 bits per heavy atom. The molecule has 2 N–H and O–H groups in total. The average molecular weight is 139 g/mol. The van der Waals surface area contributed by atoms with Gasteiger partial charge in [-0.3, -0.25) is 0 Å². The second-order valence-corrected chi connectivity index (χ2v) is 1.86. The molecule has 0 amide bonds. The van der Waals surface area contributed by atoms with Gasteiger partial charge in [0.05, 0.1) is 0 Å². The van der Waals surface area contributed by atoms with Gasteiger partial charge < -0.3 is 10.2 Å². The monoisotopic (exact) mass is 139 g/mol. The van der Waals surface area contributed by atoms with Crippen molar-refractivity contribution in [1.82, 2.24) is 10.2 Å². The van der Waals surface area contributed by atoms with Crippen LogP contribution in [0.5, 0.6) is 0 Å². The van der Waals surface area contributed by atoms with Crippen LogP contribution in [-0.4, -0.2) is 10.2 Å². The van der Waals surface area contributed by atoms with Gasteiger partial charge in [0.15, 0.2) is 0 Å². The number of allylic oxidation sites excluding steroid dienone is 1. The van der Waals surface area contributed by atoms with Crippen molar-refractivity contribution in [2.24, 2.45) is 0 Å². The van der Waals surface area contributed by atoms with Gasteiger partial charge in [0.25, 0.3) is 0 Å². The SMILES string of the molecule is C=CCCc1nnc(N)o1. The van der Waals surface area contributed by atoms with E-state index in [9.17, 15) is 0 Å². The van der Waals surface area contributed by atoms with E-state index >= 15 is 0 Å². The lowest BCUT2D eigenvalue weighted by Gasteiger charge is -1.84. The zero-order valence-corrected chi connectivity index (χ0v) is 5.58. The fourth-order valence-electron chi connectivity index (χ4n) is 0.593. The summed E-state index contributed by atoms with van der Waals surface area (Å²) in [6.07, 6.45) is 3.34. The number of nitrogens with two attached hydrogens (primary N) is 1. The van der Waals surface area contributed by atoms with Crippen LogP contribution in [0.25, 0.3) is 0 Å². The summed E-state index contributed by atoms with van der Waals surface area (Å²) < 4.78 is 4.89. The predicted molar refractivity (Wildman–Crippen MR) is 37.2 cm³/mol. The Morgan fingerprint density at radius 1 is 1.60 bits per heavy atom. The fraction of sp³-hybridized carbons (Fsp3) is 0.333. The summed E-state index contributed by atoms with van der Waals surface area (Å²) in [5.74, 6) is 0.567. The minimum absolute atomic E-state index is 0.124. The van der Waals surface area contributed by atoms with Gasteiger partial charge in [0, 0.05) is 6.42 Å². The van der Waals surface area contributed by atoms with Crippen LogP contribution in [0.2, 0.25) is 0 Å². The Balaban J connectivity index is 2.49. The van der Waals surface area contributed by atoms with Crippen LogP contribution in [-0.2, 0) is 6.42 Å². The second kappa shape index (κ2) is 3.00. The Bertz CT molecular complexity index is 219. The molecule has 10 heavy (non-hydrogen) atoms. The van der Waals surface area contributed by atoms with Crippen molar-refractivity contribution in [1.29, 1.82) is 0 Å². The molecule has 0 aliphatic heterocycles. The molecular formula is C6H9N3O. The molecule has 1 aromatic rings. The number of nitrogens with zero attached hydrogens (tertiary/aromatic N) is 2. The van der Waals surface area contributed by atoms with Crippen LogP contribution >= 0.6 is 0 Å². The summed E-state index contributed by atoms with van der Waals surface area (Å²) >= 11 is 0. The summed E-state index contributed by atoms with van der Waals surface area (Å²) in [4.78, 5) is 0. The van der Waals surface area contributed by atoms with Crippen molar-refractivity contribution in [3.05, 3.63) is 18.5 Å². The van der Waals surface area contributed by atoms with Crippen LogP contribution in [0.4, 0.5) is 6.01 Å². The molecule has 0 spiro atoms. The number of hydrogen-bond donors (Lipinski definition) is 1. The normalized spacial score (nSPS) is 9.60. The quantitative estimate of drug-likeness (QED) is 0.628. The van der Waals surface area contributed by atoms with Crippen molar-refractivity contribution >= 4 is 6.01 Å². The van der Waals surface area contributed by atoms with Crippen LogP contribution in [0.15, 0.2) is 17.1 Å². The van der Waals surface area contributed by atoms with Gasteiger partial charge in [-0.25, -0.2) is 0 Å². The maximum Gasteiger partial charge on any atom is 0.312 e. The molecule has 0 aliphatic carbocycles. The lowest BCUT2D eigenvalue weighted by Crippen LogP contribution is -1.81. The number of hydrogen-bond acceptors (Lipinski definition) is 4. The Morgan fingerprint density at radius 2 is 2.40 bits per heavy atom. The molecule has 54 valence electrons. The molecule has 1 aromatic heterocycles. The molecule has 0 aliphatic rings. The number of rotatable bonds is 3. The van der Waals surface area contributed by atoms with Gasteiger partial charge in [0.2, 0.25) is 5.89 Å². The molecule has 0 fully saturated rings. The molecule has 0 saturated carbocycles. The summed E-state index contributed by atoms with van der Waals surface area (Å²) in [6, 6.07) is 0.124. The van der Waals surface area contributed by atoms with Crippen molar-refractivity contribution < 1.29 is 4.42 Å². The minimum atomic E-state index is 0.124. The first-order valence-electron chi connectivity index (χ1n) is 3.01. The first-order valence-corrected chi connectivity index (χ1v) is 3.01. The van der Waals surface area contributed by atoms with Gasteiger partial charge in [-0.2, -0.15) is 0 Å². The van der Waals surface area contributed by atoms with Crippen molar-refractivity contribution in [2.45, 2.75) is 12.8 Å². The highest BCUT2D eigenvalue weighted by Gasteiger charge is 1.99. The van der Waals surface area contributed by atoms with E-state index in [1.165, 1.54) is 0 Å². The maximum atomic E-state index is 5.18. The van der Waals surface area contributed by atoms with Gasteiger partial charge in [-0.05, 0) is 6.42 Å². The van der Waals surface area contributed by atoms with Gasteiger partial charge in [-0.15, -0.1) is 11.7 Å². The van der Waals surface area contributed by atoms with E-state index in [0.29, 0.717) is 12.3 Å². The third-order valence-corrected chi connectivity index (χ3v) is 1.04. The smallest absolute Gasteiger partial charge is 0.312 e. The molecule has 1 rings (SSSR count). The molecule has 0 atom stereocenters.